The van der Waals surface area contributed by atoms with Crippen molar-refractivity contribution in [3.8, 4) is 0 Å². The highest BCUT2D eigenvalue weighted by atomic mass is 19.2. The molecular weight excluding hydrogens is 221 g/mol. The average molecular weight is 234 g/mol. The van der Waals surface area contributed by atoms with Crippen molar-refractivity contribution in [2.24, 2.45) is 0 Å². The van der Waals surface area contributed by atoms with Crippen molar-refractivity contribution in [2.75, 3.05) is 13.7 Å². The number of aliphatic hydroxyl groups is 1. The second kappa shape index (κ2) is 4.84. The molecule has 1 aromatic rings. The number of halogens is 3. The van der Waals surface area contributed by atoms with Crippen LogP contribution in [0.15, 0.2) is 12.1 Å². The van der Waals surface area contributed by atoms with E-state index in [-0.39, 0.29) is 18.6 Å². The van der Waals surface area contributed by atoms with Gasteiger partial charge >= 0.3 is 0 Å². The van der Waals surface area contributed by atoms with E-state index in [0.717, 1.165) is 12.1 Å². The van der Waals surface area contributed by atoms with Gasteiger partial charge in [-0.2, -0.15) is 0 Å². The first-order chi connectivity index (χ1) is 7.40. The molecule has 0 amide bonds. The Balaban J connectivity index is 3.08. The van der Waals surface area contributed by atoms with Crippen LogP contribution < -0.4 is 0 Å². The van der Waals surface area contributed by atoms with Gasteiger partial charge in [0.05, 0.1) is 5.60 Å². The van der Waals surface area contributed by atoms with Gasteiger partial charge in [-0.25, -0.2) is 13.2 Å². The van der Waals surface area contributed by atoms with Gasteiger partial charge in [0, 0.05) is 25.7 Å². The molecule has 1 atom stereocenters. The molecule has 1 aromatic carbocycles. The fourth-order valence-electron chi connectivity index (χ4n) is 1.38. The zero-order chi connectivity index (χ0) is 12.3. The number of benzene rings is 1. The molecule has 1 unspecified atom stereocenters. The summed E-state index contributed by atoms with van der Waals surface area (Å²) in [5.74, 6) is -4.21. The quantitative estimate of drug-likeness (QED) is 0.810. The van der Waals surface area contributed by atoms with E-state index in [1.807, 2.05) is 0 Å². The van der Waals surface area contributed by atoms with Crippen LogP contribution in [-0.2, 0) is 10.3 Å². The maximum Gasteiger partial charge on any atom is 0.194 e. The number of hydrogen-bond donors (Lipinski definition) is 1. The lowest BCUT2D eigenvalue weighted by Gasteiger charge is -2.24. The van der Waals surface area contributed by atoms with Crippen molar-refractivity contribution < 1.29 is 23.0 Å². The summed E-state index contributed by atoms with van der Waals surface area (Å²) in [6.45, 7) is 1.51. The van der Waals surface area contributed by atoms with Gasteiger partial charge in [0.15, 0.2) is 17.5 Å². The van der Waals surface area contributed by atoms with Gasteiger partial charge < -0.3 is 9.84 Å². The monoisotopic (exact) mass is 234 g/mol. The van der Waals surface area contributed by atoms with Crippen LogP contribution in [0, 0.1) is 17.5 Å². The predicted octanol–water partition coefficient (Wildman–Crippen LogP) is 2.35. The molecule has 0 bridgehead atoms. The highest BCUT2D eigenvalue weighted by Gasteiger charge is 2.28. The van der Waals surface area contributed by atoms with Gasteiger partial charge in [0.1, 0.15) is 0 Å². The lowest BCUT2D eigenvalue weighted by atomic mass is 9.92. The second-order valence-electron chi connectivity index (χ2n) is 3.74. The molecule has 0 aliphatic heterocycles. The van der Waals surface area contributed by atoms with Crippen LogP contribution in [-0.4, -0.2) is 18.8 Å². The molecule has 0 heterocycles. The van der Waals surface area contributed by atoms with Crippen LogP contribution in [0.25, 0.3) is 0 Å². The Hall–Kier alpha value is -1.07. The average Bonchev–Trinajstić information content (AvgIpc) is 2.23. The predicted molar refractivity (Wildman–Crippen MR) is 52.4 cm³/mol. The molecule has 90 valence electrons. The molecule has 0 aromatic heterocycles. The van der Waals surface area contributed by atoms with Gasteiger partial charge in [-0.05, 0) is 13.0 Å². The summed E-state index contributed by atoms with van der Waals surface area (Å²) in [7, 11) is 1.43. The van der Waals surface area contributed by atoms with Crippen LogP contribution in [0.3, 0.4) is 0 Å². The molecule has 2 nitrogen and oxygen atoms in total. The molecule has 0 spiro atoms. The summed E-state index contributed by atoms with van der Waals surface area (Å²) in [6.07, 6.45) is 0.0888. The van der Waals surface area contributed by atoms with E-state index in [9.17, 15) is 18.3 Å². The number of methoxy groups -OCH3 is 1. The fourth-order valence-corrected chi connectivity index (χ4v) is 1.38. The Morgan fingerprint density at radius 3 is 2.44 bits per heavy atom. The topological polar surface area (TPSA) is 29.5 Å². The Morgan fingerprint density at radius 2 is 1.88 bits per heavy atom. The third-order valence-corrected chi connectivity index (χ3v) is 2.41. The zero-order valence-electron chi connectivity index (χ0n) is 9.06. The van der Waals surface area contributed by atoms with Crippen molar-refractivity contribution >= 4 is 0 Å². The van der Waals surface area contributed by atoms with E-state index >= 15 is 0 Å². The van der Waals surface area contributed by atoms with Crippen molar-refractivity contribution in [2.45, 2.75) is 18.9 Å². The van der Waals surface area contributed by atoms with Gasteiger partial charge in [-0.1, -0.05) is 6.07 Å². The summed E-state index contributed by atoms with van der Waals surface area (Å²) in [6, 6.07) is 1.82. The molecule has 16 heavy (non-hydrogen) atoms. The molecule has 0 saturated carbocycles. The van der Waals surface area contributed by atoms with E-state index in [4.69, 9.17) is 4.74 Å². The minimum atomic E-state index is -1.59. The first-order valence-corrected chi connectivity index (χ1v) is 4.75. The molecule has 0 saturated heterocycles. The van der Waals surface area contributed by atoms with E-state index in [1.54, 1.807) is 0 Å². The SMILES string of the molecule is COCCC(C)(O)c1ccc(F)c(F)c1F. The summed E-state index contributed by atoms with van der Waals surface area (Å²) >= 11 is 0. The summed E-state index contributed by atoms with van der Waals surface area (Å²) in [4.78, 5) is 0. The van der Waals surface area contributed by atoms with Gasteiger partial charge in [-0.15, -0.1) is 0 Å². The van der Waals surface area contributed by atoms with E-state index in [2.05, 4.69) is 0 Å². The zero-order valence-corrected chi connectivity index (χ0v) is 9.06. The molecule has 0 aliphatic rings. The first kappa shape index (κ1) is 13.0. The maximum atomic E-state index is 13.4. The van der Waals surface area contributed by atoms with Crippen LogP contribution in [0.5, 0.6) is 0 Å². The van der Waals surface area contributed by atoms with Crippen LogP contribution >= 0.6 is 0 Å². The fraction of sp³-hybridized carbons (Fsp3) is 0.455. The number of hydrogen-bond acceptors (Lipinski definition) is 2. The smallest absolute Gasteiger partial charge is 0.194 e. The standard InChI is InChI=1S/C11H13F3O2/c1-11(15,5-6-16-2)7-3-4-8(12)10(14)9(7)13/h3-4,15H,5-6H2,1-2H3. The highest BCUT2D eigenvalue weighted by molar-refractivity contribution is 5.25. The summed E-state index contributed by atoms with van der Waals surface area (Å²) < 4.78 is 43.7. The molecule has 0 aliphatic carbocycles. The first-order valence-electron chi connectivity index (χ1n) is 4.75. The number of rotatable bonds is 4. The molecular formula is C11H13F3O2. The second-order valence-corrected chi connectivity index (χ2v) is 3.74. The van der Waals surface area contributed by atoms with Crippen LogP contribution in [0.4, 0.5) is 13.2 Å². The Bertz CT molecular complexity index is 378. The lowest BCUT2D eigenvalue weighted by Crippen LogP contribution is -2.25. The van der Waals surface area contributed by atoms with E-state index < -0.39 is 23.1 Å². The Kier molecular flexibility index (Phi) is 3.93. The number of ether oxygens (including phenoxy) is 1. The lowest BCUT2D eigenvalue weighted by molar-refractivity contribution is 0.0174. The molecule has 0 fully saturated rings. The highest BCUT2D eigenvalue weighted by Crippen LogP contribution is 2.28. The van der Waals surface area contributed by atoms with E-state index in [0.29, 0.717) is 0 Å². The largest absolute Gasteiger partial charge is 0.385 e. The normalized spacial score (nSPS) is 14.9. The Labute approximate surface area is 91.7 Å². The maximum absolute atomic E-state index is 13.4. The van der Waals surface area contributed by atoms with Crippen molar-refractivity contribution in [3.05, 3.63) is 35.1 Å². The summed E-state index contributed by atoms with van der Waals surface area (Å²) in [5, 5.41) is 9.90. The molecule has 5 heteroatoms. The van der Waals surface area contributed by atoms with Crippen LogP contribution in [0.2, 0.25) is 0 Å². The molecule has 1 rings (SSSR count). The third-order valence-electron chi connectivity index (χ3n) is 2.41. The van der Waals surface area contributed by atoms with Crippen molar-refractivity contribution in [1.29, 1.82) is 0 Å². The van der Waals surface area contributed by atoms with Crippen LogP contribution in [0.1, 0.15) is 18.9 Å². The third kappa shape index (κ3) is 2.54. The minimum absolute atomic E-state index is 0.0888. The molecule has 0 radical (unpaired) electrons. The van der Waals surface area contributed by atoms with Crippen molar-refractivity contribution in [3.63, 3.8) is 0 Å². The van der Waals surface area contributed by atoms with Gasteiger partial charge in [0.2, 0.25) is 0 Å². The van der Waals surface area contributed by atoms with Gasteiger partial charge in [0.25, 0.3) is 0 Å². The van der Waals surface area contributed by atoms with E-state index in [1.165, 1.54) is 14.0 Å². The molecule has 1 N–H and O–H groups in total. The summed E-state index contributed by atoms with van der Waals surface area (Å²) in [5.41, 5.74) is -1.86. The van der Waals surface area contributed by atoms with Gasteiger partial charge in [-0.3, -0.25) is 0 Å². The minimum Gasteiger partial charge on any atom is -0.385 e. The van der Waals surface area contributed by atoms with Crippen molar-refractivity contribution in [1.82, 2.24) is 0 Å². The Morgan fingerprint density at radius 1 is 1.25 bits per heavy atom.